The van der Waals surface area contributed by atoms with Gasteiger partial charge in [0.25, 0.3) is 5.91 Å². The van der Waals surface area contributed by atoms with Gasteiger partial charge in [0.1, 0.15) is 4.83 Å². The van der Waals surface area contributed by atoms with E-state index in [-0.39, 0.29) is 5.91 Å². The highest BCUT2D eigenvalue weighted by Gasteiger charge is 2.29. The van der Waals surface area contributed by atoms with Crippen molar-refractivity contribution >= 4 is 39.1 Å². The summed E-state index contributed by atoms with van der Waals surface area (Å²) in [6.45, 7) is 7.30. The van der Waals surface area contributed by atoms with Crippen LogP contribution in [0.1, 0.15) is 40.9 Å². The van der Waals surface area contributed by atoms with E-state index >= 15 is 0 Å². The maximum atomic E-state index is 12.9. The predicted molar refractivity (Wildman–Crippen MR) is 108 cm³/mol. The van der Waals surface area contributed by atoms with Crippen LogP contribution in [0.25, 0.3) is 15.9 Å². The number of thiophene rings is 1. The van der Waals surface area contributed by atoms with E-state index in [0.29, 0.717) is 21.6 Å². The molecule has 0 aliphatic carbocycles. The number of aromatic nitrogens is 4. The standard InChI is InChI=1S/C19H18ClN5O2S/c1-10-14-9-15(16(26)22-19(3,4)18-21-11(2)27-24-18)28-17(14)25(23-10)13-7-5-6-12(20)8-13/h5-9H,1-4H3,(H,22,26). The maximum Gasteiger partial charge on any atom is 0.262 e. The molecule has 0 aliphatic heterocycles. The van der Waals surface area contributed by atoms with E-state index in [4.69, 9.17) is 16.1 Å². The average molecular weight is 416 g/mol. The first-order valence-electron chi connectivity index (χ1n) is 8.63. The molecule has 0 fully saturated rings. The zero-order chi connectivity index (χ0) is 20.1. The number of nitrogens with zero attached hydrogens (tertiary/aromatic N) is 4. The molecule has 1 aromatic carbocycles. The van der Waals surface area contributed by atoms with Gasteiger partial charge in [0.15, 0.2) is 5.82 Å². The van der Waals surface area contributed by atoms with Gasteiger partial charge in [-0.2, -0.15) is 10.1 Å². The minimum absolute atomic E-state index is 0.203. The summed E-state index contributed by atoms with van der Waals surface area (Å²) >= 11 is 7.50. The minimum atomic E-state index is -0.765. The van der Waals surface area contributed by atoms with Gasteiger partial charge in [0.05, 0.1) is 21.8 Å². The summed E-state index contributed by atoms with van der Waals surface area (Å²) in [5.41, 5.74) is 0.930. The van der Waals surface area contributed by atoms with E-state index in [1.165, 1.54) is 11.3 Å². The van der Waals surface area contributed by atoms with E-state index < -0.39 is 5.54 Å². The molecule has 1 N–H and O–H groups in total. The number of carbonyl (C=O) groups excluding carboxylic acids is 1. The molecule has 7 nitrogen and oxygen atoms in total. The number of rotatable bonds is 4. The molecule has 0 spiro atoms. The fraction of sp³-hybridized carbons (Fsp3) is 0.263. The van der Waals surface area contributed by atoms with Gasteiger partial charge in [-0.15, -0.1) is 11.3 Å². The third-order valence-corrected chi connectivity index (χ3v) is 5.68. The molecule has 4 rings (SSSR count). The number of fused-ring (bicyclic) bond motifs is 1. The number of aryl methyl sites for hydroxylation is 2. The number of amides is 1. The van der Waals surface area contributed by atoms with Crippen molar-refractivity contribution in [2.24, 2.45) is 0 Å². The molecule has 3 heterocycles. The lowest BCUT2D eigenvalue weighted by atomic mass is 10.0. The number of halogens is 1. The van der Waals surface area contributed by atoms with Crippen molar-refractivity contribution in [1.82, 2.24) is 25.2 Å². The highest BCUT2D eigenvalue weighted by atomic mass is 35.5. The fourth-order valence-corrected chi connectivity index (χ4v) is 4.16. The highest BCUT2D eigenvalue weighted by Crippen LogP contribution is 2.31. The summed E-state index contributed by atoms with van der Waals surface area (Å²) in [6.07, 6.45) is 0. The van der Waals surface area contributed by atoms with Crippen molar-refractivity contribution in [2.75, 3.05) is 0 Å². The Morgan fingerprint density at radius 3 is 2.75 bits per heavy atom. The van der Waals surface area contributed by atoms with E-state index in [1.54, 1.807) is 6.92 Å². The number of hydrogen-bond donors (Lipinski definition) is 1. The van der Waals surface area contributed by atoms with E-state index in [9.17, 15) is 4.79 Å². The van der Waals surface area contributed by atoms with Crippen molar-refractivity contribution in [2.45, 2.75) is 33.2 Å². The smallest absolute Gasteiger partial charge is 0.262 e. The zero-order valence-corrected chi connectivity index (χ0v) is 17.4. The van der Waals surface area contributed by atoms with E-state index in [1.807, 2.05) is 55.8 Å². The first-order valence-corrected chi connectivity index (χ1v) is 9.82. The van der Waals surface area contributed by atoms with Crippen LogP contribution in [0.5, 0.6) is 0 Å². The third-order valence-electron chi connectivity index (χ3n) is 4.33. The van der Waals surface area contributed by atoms with E-state index in [0.717, 1.165) is 21.6 Å². The predicted octanol–water partition coefficient (Wildman–Crippen LogP) is 4.41. The van der Waals surface area contributed by atoms with Gasteiger partial charge in [-0.1, -0.05) is 22.8 Å². The summed E-state index contributed by atoms with van der Waals surface area (Å²) in [6, 6.07) is 9.31. The average Bonchev–Trinajstić information content (AvgIpc) is 3.31. The molecule has 0 aliphatic rings. The van der Waals surface area contributed by atoms with Crippen LogP contribution in [0.4, 0.5) is 0 Å². The SMILES string of the molecule is Cc1nc(C(C)(C)NC(=O)c2cc3c(C)nn(-c4cccc(Cl)c4)c3s2)no1. The van der Waals surface area contributed by atoms with Crippen LogP contribution in [0.15, 0.2) is 34.9 Å². The van der Waals surface area contributed by atoms with Crippen LogP contribution in [0.3, 0.4) is 0 Å². The molecule has 1 amide bonds. The molecule has 28 heavy (non-hydrogen) atoms. The summed E-state index contributed by atoms with van der Waals surface area (Å²) in [5, 5.41) is 13.1. The molecule has 9 heteroatoms. The minimum Gasteiger partial charge on any atom is -0.340 e. The normalized spacial score (nSPS) is 11.9. The fourth-order valence-electron chi connectivity index (χ4n) is 2.90. The largest absolute Gasteiger partial charge is 0.340 e. The number of nitrogens with one attached hydrogen (secondary N) is 1. The van der Waals surface area contributed by atoms with Crippen molar-refractivity contribution in [3.8, 4) is 5.69 Å². The number of carbonyl (C=O) groups is 1. The highest BCUT2D eigenvalue weighted by molar-refractivity contribution is 7.20. The third kappa shape index (κ3) is 3.29. The van der Waals surface area contributed by atoms with Crippen LogP contribution >= 0.6 is 22.9 Å². The Morgan fingerprint density at radius 1 is 1.29 bits per heavy atom. The molecular formula is C19H18ClN5O2S. The summed E-state index contributed by atoms with van der Waals surface area (Å²) in [5.74, 6) is 0.683. The summed E-state index contributed by atoms with van der Waals surface area (Å²) < 4.78 is 6.84. The number of hydrogen-bond acceptors (Lipinski definition) is 6. The molecule has 144 valence electrons. The topological polar surface area (TPSA) is 85.8 Å². The Labute approximate surface area is 170 Å². The maximum absolute atomic E-state index is 12.9. The first-order chi connectivity index (χ1) is 13.2. The molecule has 3 aromatic heterocycles. The van der Waals surface area contributed by atoms with Gasteiger partial charge >= 0.3 is 0 Å². The second kappa shape index (κ2) is 6.72. The van der Waals surface area contributed by atoms with Crippen molar-refractivity contribution in [3.63, 3.8) is 0 Å². The van der Waals surface area contributed by atoms with Gasteiger partial charge < -0.3 is 9.84 Å². The van der Waals surface area contributed by atoms with Crippen molar-refractivity contribution in [1.29, 1.82) is 0 Å². The first kappa shape index (κ1) is 18.6. The lowest BCUT2D eigenvalue weighted by molar-refractivity contribution is 0.0911. The summed E-state index contributed by atoms with van der Waals surface area (Å²) in [7, 11) is 0. The molecule has 0 saturated heterocycles. The van der Waals surface area contributed by atoms with Crippen LogP contribution in [-0.4, -0.2) is 25.8 Å². The van der Waals surface area contributed by atoms with Crippen LogP contribution in [-0.2, 0) is 5.54 Å². The van der Waals surface area contributed by atoms with Gasteiger partial charge in [0.2, 0.25) is 5.89 Å². The lowest BCUT2D eigenvalue weighted by Gasteiger charge is -2.21. The van der Waals surface area contributed by atoms with Gasteiger partial charge in [-0.3, -0.25) is 4.79 Å². The molecule has 0 atom stereocenters. The Hall–Kier alpha value is -2.71. The van der Waals surface area contributed by atoms with Gasteiger partial charge in [-0.25, -0.2) is 4.68 Å². The Bertz CT molecular complexity index is 1190. The molecule has 0 saturated carbocycles. The summed E-state index contributed by atoms with van der Waals surface area (Å²) in [4.78, 5) is 18.6. The van der Waals surface area contributed by atoms with Gasteiger partial charge in [0, 0.05) is 17.3 Å². The molecule has 0 bridgehead atoms. The zero-order valence-electron chi connectivity index (χ0n) is 15.8. The molecule has 0 unspecified atom stereocenters. The van der Waals surface area contributed by atoms with Crippen molar-refractivity contribution < 1.29 is 9.32 Å². The van der Waals surface area contributed by atoms with Crippen LogP contribution in [0.2, 0.25) is 5.02 Å². The van der Waals surface area contributed by atoms with E-state index in [2.05, 4.69) is 20.6 Å². The Balaban J connectivity index is 1.68. The van der Waals surface area contributed by atoms with Gasteiger partial charge in [-0.05, 0) is 45.0 Å². The molecular weight excluding hydrogens is 398 g/mol. The number of benzene rings is 1. The second-order valence-corrected chi connectivity index (χ2v) is 8.49. The quantitative estimate of drug-likeness (QED) is 0.533. The monoisotopic (exact) mass is 415 g/mol. The Kier molecular flexibility index (Phi) is 4.47. The van der Waals surface area contributed by atoms with Crippen LogP contribution < -0.4 is 5.32 Å². The Morgan fingerprint density at radius 2 is 2.07 bits per heavy atom. The molecule has 4 aromatic rings. The molecule has 0 radical (unpaired) electrons. The lowest BCUT2D eigenvalue weighted by Crippen LogP contribution is -2.41. The van der Waals surface area contributed by atoms with Crippen LogP contribution in [0, 0.1) is 13.8 Å². The van der Waals surface area contributed by atoms with Crippen molar-refractivity contribution in [3.05, 3.63) is 57.6 Å². The second-order valence-electron chi connectivity index (χ2n) is 7.02.